The largest absolute Gasteiger partial charge is 0.486 e. The van der Waals surface area contributed by atoms with Crippen LogP contribution >= 0.6 is 0 Å². The molecular formula is C16H21NO2. The van der Waals surface area contributed by atoms with Gasteiger partial charge in [-0.2, -0.15) is 0 Å². The third kappa shape index (κ3) is 5.00. The van der Waals surface area contributed by atoms with Gasteiger partial charge in [0.25, 0.3) is 0 Å². The first-order valence-corrected chi connectivity index (χ1v) is 6.33. The molecule has 1 aromatic carbocycles. The van der Waals surface area contributed by atoms with Crippen molar-refractivity contribution in [3.05, 3.63) is 48.7 Å². The predicted molar refractivity (Wildman–Crippen MR) is 80.1 cm³/mol. The Labute approximate surface area is 115 Å². The van der Waals surface area contributed by atoms with Crippen LogP contribution < -0.4 is 9.47 Å². The topological polar surface area (TPSA) is 30.8 Å². The highest BCUT2D eigenvalue weighted by Crippen LogP contribution is 2.28. The first kappa shape index (κ1) is 15.0. The lowest BCUT2D eigenvalue weighted by Gasteiger charge is -2.17. The molecule has 0 bridgehead atoms. The van der Waals surface area contributed by atoms with Gasteiger partial charge in [0, 0.05) is 5.70 Å². The zero-order valence-electron chi connectivity index (χ0n) is 11.6. The van der Waals surface area contributed by atoms with Gasteiger partial charge in [-0.15, -0.1) is 0 Å². The van der Waals surface area contributed by atoms with Crippen LogP contribution in [0.1, 0.15) is 13.8 Å². The summed E-state index contributed by atoms with van der Waals surface area (Å²) in [5.74, 6) is 2.16. The van der Waals surface area contributed by atoms with Crippen LogP contribution in [0, 0.1) is 5.92 Å². The van der Waals surface area contributed by atoms with E-state index in [4.69, 9.17) is 9.47 Å². The van der Waals surface area contributed by atoms with E-state index in [0.717, 1.165) is 17.2 Å². The highest BCUT2D eigenvalue weighted by atomic mass is 16.6. The van der Waals surface area contributed by atoms with Crippen LogP contribution in [0.3, 0.4) is 0 Å². The lowest BCUT2D eigenvalue weighted by atomic mass is 10.1. The van der Waals surface area contributed by atoms with E-state index >= 15 is 0 Å². The normalized spacial score (nSPS) is 13.3. The van der Waals surface area contributed by atoms with Crippen molar-refractivity contribution >= 4 is 6.72 Å². The number of ether oxygens (including phenoxy) is 2. The highest BCUT2D eigenvalue weighted by Gasteiger charge is 2.07. The fraction of sp³-hybridized carbons (Fsp3) is 0.312. The van der Waals surface area contributed by atoms with E-state index in [1.54, 1.807) is 6.08 Å². The van der Waals surface area contributed by atoms with E-state index in [2.05, 4.69) is 32.1 Å². The Morgan fingerprint density at radius 2 is 1.74 bits per heavy atom. The van der Waals surface area contributed by atoms with Crippen LogP contribution in [0.4, 0.5) is 0 Å². The van der Waals surface area contributed by atoms with Gasteiger partial charge in [0.2, 0.25) is 0 Å². The van der Waals surface area contributed by atoms with Crippen molar-refractivity contribution in [3.63, 3.8) is 0 Å². The van der Waals surface area contributed by atoms with E-state index in [9.17, 15) is 0 Å². The molecule has 2 rings (SSSR count). The Balaban J connectivity index is 0.000000192. The molecule has 3 heteroatoms. The summed E-state index contributed by atoms with van der Waals surface area (Å²) < 4.78 is 10.6. The highest BCUT2D eigenvalue weighted by molar-refractivity contribution is 5.40. The maximum atomic E-state index is 5.30. The molecule has 0 spiro atoms. The van der Waals surface area contributed by atoms with Gasteiger partial charge in [0.15, 0.2) is 11.5 Å². The number of aliphatic imine (C=N–C) groups is 1. The van der Waals surface area contributed by atoms with E-state index in [1.807, 2.05) is 30.3 Å². The maximum absolute atomic E-state index is 5.30. The number of hydrogen-bond donors (Lipinski definition) is 0. The average molecular weight is 259 g/mol. The second kappa shape index (κ2) is 8.14. The summed E-state index contributed by atoms with van der Waals surface area (Å²) in [5.41, 5.74) is 0.991. The van der Waals surface area contributed by atoms with Crippen molar-refractivity contribution in [3.8, 4) is 11.5 Å². The molecule has 0 saturated heterocycles. The van der Waals surface area contributed by atoms with Gasteiger partial charge in [-0.3, -0.25) is 4.99 Å². The monoisotopic (exact) mass is 259 g/mol. The first-order chi connectivity index (χ1) is 9.19. The third-order valence-electron chi connectivity index (χ3n) is 2.51. The molecule has 0 fully saturated rings. The molecule has 1 heterocycles. The zero-order chi connectivity index (χ0) is 14.1. The third-order valence-corrected chi connectivity index (χ3v) is 2.51. The number of hydrogen-bond acceptors (Lipinski definition) is 3. The van der Waals surface area contributed by atoms with Crippen molar-refractivity contribution in [1.82, 2.24) is 0 Å². The summed E-state index contributed by atoms with van der Waals surface area (Å²) in [7, 11) is 0. The van der Waals surface area contributed by atoms with Crippen molar-refractivity contribution in [1.29, 1.82) is 0 Å². The van der Waals surface area contributed by atoms with E-state index in [0.29, 0.717) is 19.1 Å². The fourth-order valence-electron chi connectivity index (χ4n) is 1.54. The Morgan fingerprint density at radius 1 is 1.21 bits per heavy atom. The number of para-hydroxylation sites is 2. The van der Waals surface area contributed by atoms with Gasteiger partial charge in [-0.25, -0.2) is 0 Å². The Hall–Kier alpha value is -2.03. The second-order valence-corrected chi connectivity index (χ2v) is 4.28. The smallest absolute Gasteiger partial charge is 0.161 e. The van der Waals surface area contributed by atoms with Crippen molar-refractivity contribution in [2.24, 2.45) is 10.9 Å². The van der Waals surface area contributed by atoms with E-state index in [-0.39, 0.29) is 0 Å². The molecule has 1 aliphatic heterocycles. The number of benzene rings is 1. The summed E-state index contributed by atoms with van der Waals surface area (Å²) in [6.45, 7) is 12.5. The molecule has 0 atom stereocenters. The summed E-state index contributed by atoms with van der Waals surface area (Å²) in [5, 5.41) is 0. The van der Waals surface area contributed by atoms with Crippen molar-refractivity contribution in [2.75, 3.05) is 13.2 Å². The minimum Gasteiger partial charge on any atom is -0.486 e. The van der Waals surface area contributed by atoms with Gasteiger partial charge in [0.1, 0.15) is 13.2 Å². The lowest BCUT2D eigenvalue weighted by Crippen LogP contribution is -2.14. The van der Waals surface area contributed by atoms with Crippen LogP contribution in [-0.4, -0.2) is 19.9 Å². The lowest BCUT2D eigenvalue weighted by molar-refractivity contribution is 0.171. The van der Waals surface area contributed by atoms with Crippen molar-refractivity contribution < 1.29 is 9.47 Å². The van der Waals surface area contributed by atoms with Crippen LogP contribution in [0.2, 0.25) is 0 Å². The molecule has 0 amide bonds. The quantitative estimate of drug-likeness (QED) is 0.609. The van der Waals surface area contributed by atoms with Gasteiger partial charge >= 0.3 is 0 Å². The molecule has 1 aliphatic rings. The summed E-state index contributed by atoms with van der Waals surface area (Å²) in [6, 6.07) is 7.70. The number of fused-ring (bicyclic) bond motifs is 1. The maximum Gasteiger partial charge on any atom is 0.161 e. The van der Waals surface area contributed by atoms with Gasteiger partial charge in [-0.05, 0) is 30.8 Å². The Kier molecular flexibility index (Phi) is 6.44. The summed E-state index contributed by atoms with van der Waals surface area (Å²) >= 11 is 0. The molecule has 102 valence electrons. The summed E-state index contributed by atoms with van der Waals surface area (Å²) in [6.07, 6.45) is 3.60. The first-order valence-electron chi connectivity index (χ1n) is 6.33. The minimum absolute atomic E-state index is 0.445. The van der Waals surface area contributed by atoms with Crippen LogP contribution in [0.5, 0.6) is 11.5 Å². The molecule has 19 heavy (non-hydrogen) atoms. The number of rotatable bonds is 3. The van der Waals surface area contributed by atoms with Crippen molar-refractivity contribution in [2.45, 2.75) is 13.8 Å². The predicted octanol–water partition coefficient (Wildman–Crippen LogP) is 3.87. The standard InChI is InChI=1S/C8H13N.C8H8O2/c1-5-6-8(9-4)7(2)3;1-2-4-8-7(3-1)9-5-6-10-8/h5-7H,1,4H2,2-3H3;1-4H,5-6H2/b8-6-;. The summed E-state index contributed by atoms with van der Waals surface area (Å²) in [4.78, 5) is 3.82. The molecule has 0 aliphatic carbocycles. The van der Waals surface area contributed by atoms with Crippen LogP contribution in [0.15, 0.2) is 53.7 Å². The number of nitrogens with zero attached hydrogens (tertiary/aromatic N) is 1. The van der Waals surface area contributed by atoms with E-state index < -0.39 is 0 Å². The van der Waals surface area contributed by atoms with Crippen LogP contribution in [0.25, 0.3) is 0 Å². The van der Waals surface area contributed by atoms with Crippen LogP contribution in [-0.2, 0) is 0 Å². The SMILES string of the molecule is C=C/C=C(\N=C)C(C)C.c1ccc2c(c1)OCCO2. The Morgan fingerprint density at radius 3 is 2.05 bits per heavy atom. The van der Waals surface area contributed by atoms with Gasteiger partial charge in [0.05, 0.1) is 0 Å². The van der Waals surface area contributed by atoms with Gasteiger partial charge < -0.3 is 9.47 Å². The molecule has 0 radical (unpaired) electrons. The molecule has 0 unspecified atom stereocenters. The van der Waals surface area contributed by atoms with E-state index in [1.165, 1.54) is 0 Å². The fourth-order valence-corrected chi connectivity index (χ4v) is 1.54. The molecule has 0 N–H and O–H groups in total. The molecule has 0 saturated carbocycles. The minimum atomic E-state index is 0.445. The van der Waals surface area contributed by atoms with Gasteiger partial charge in [-0.1, -0.05) is 38.6 Å². The zero-order valence-corrected chi connectivity index (χ0v) is 11.6. The average Bonchev–Trinajstić information content (AvgIpc) is 2.45. The number of allylic oxidation sites excluding steroid dienone is 3. The molecular weight excluding hydrogens is 238 g/mol. The second-order valence-electron chi connectivity index (χ2n) is 4.28. The molecule has 3 nitrogen and oxygen atoms in total. The molecule has 1 aromatic rings. The Bertz CT molecular complexity index is 425. The molecule has 0 aromatic heterocycles.